The van der Waals surface area contributed by atoms with Gasteiger partial charge in [-0.25, -0.2) is 12.8 Å². The summed E-state index contributed by atoms with van der Waals surface area (Å²) >= 11 is 5.76. The van der Waals surface area contributed by atoms with Gasteiger partial charge in [0.2, 0.25) is 10.0 Å². The summed E-state index contributed by atoms with van der Waals surface area (Å²) in [5.74, 6) is -0.459. The van der Waals surface area contributed by atoms with E-state index in [4.69, 9.17) is 16.3 Å². The van der Waals surface area contributed by atoms with Crippen LogP contribution in [0.1, 0.15) is 12.8 Å². The van der Waals surface area contributed by atoms with E-state index in [-0.39, 0.29) is 33.7 Å². The minimum Gasteiger partial charge on any atom is -0.384 e. The van der Waals surface area contributed by atoms with Crippen molar-refractivity contribution in [3.8, 4) is 0 Å². The second-order valence-corrected chi connectivity index (χ2v) is 8.98. The number of halogens is 3. The number of ether oxygens (including phenoxy) is 1. The maximum Gasteiger partial charge on any atom is 0.243 e. The van der Waals surface area contributed by atoms with Gasteiger partial charge < -0.3 is 10.1 Å². The minimum absolute atomic E-state index is 0. The van der Waals surface area contributed by atoms with E-state index in [0.29, 0.717) is 19.7 Å². The van der Waals surface area contributed by atoms with E-state index in [9.17, 15) is 12.8 Å². The lowest BCUT2D eigenvalue weighted by Crippen LogP contribution is -2.43. The van der Waals surface area contributed by atoms with Crippen LogP contribution in [0.3, 0.4) is 0 Å². The Labute approximate surface area is 159 Å². The average Bonchev–Trinajstić information content (AvgIpc) is 2.90. The molecule has 5 nitrogen and oxygen atoms in total. The van der Waals surface area contributed by atoms with Gasteiger partial charge in [-0.05, 0) is 49.5 Å². The summed E-state index contributed by atoms with van der Waals surface area (Å²) in [5, 5.41) is 3.15. The molecular formula is C16H23Cl2FN2O3S. The highest BCUT2D eigenvalue weighted by molar-refractivity contribution is 7.89. The first-order valence-electron chi connectivity index (χ1n) is 8.04. The number of benzene rings is 1. The molecule has 25 heavy (non-hydrogen) atoms. The number of sulfonamides is 1. The van der Waals surface area contributed by atoms with Crippen molar-refractivity contribution in [2.45, 2.75) is 17.7 Å². The summed E-state index contributed by atoms with van der Waals surface area (Å²) in [5.41, 5.74) is -0.0574. The Bertz CT molecular complexity index is 711. The molecule has 0 radical (unpaired) electrons. The van der Waals surface area contributed by atoms with Crippen molar-refractivity contribution in [2.24, 2.45) is 11.3 Å². The largest absolute Gasteiger partial charge is 0.384 e. The van der Waals surface area contributed by atoms with Gasteiger partial charge in [0.25, 0.3) is 0 Å². The van der Waals surface area contributed by atoms with Crippen LogP contribution in [-0.2, 0) is 14.8 Å². The lowest BCUT2D eigenvalue weighted by Gasteiger charge is -2.38. The zero-order valence-electron chi connectivity index (χ0n) is 14.0. The maximum atomic E-state index is 13.3. The molecule has 142 valence electrons. The van der Waals surface area contributed by atoms with Gasteiger partial charge in [0.05, 0.1) is 16.5 Å². The third-order valence-electron chi connectivity index (χ3n) is 5.28. The van der Waals surface area contributed by atoms with E-state index in [0.717, 1.165) is 32.0 Å². The molecule has 0 amide bonds. The molecule has 1 atom stereocenters. The van der Waals surface area contributed by atoms with E-state index in [1.165, 1.54) is 16.4 Å². The number of hydrogen-bond acceptors (Lipinski definition) is 4. The molecule has 1 unspecified atom stereocenters. The highest BCUT2D eigenvalue weighted by Crippen LogP contribution is 2.45. The zero-order valence-corrected chi connectivity index (χ0v) is 16.4. The quantitative estimate of drug-likeness (QED) is 0.825. The lowest BCUT2D eigenvalue weighted by atomic mass is 9.71. The molecule has 2 aliphatic rings. The number of nitrogens with zero attached hydrogens (tertiary/aromatic N) is 1. The molecule has 2 fully saturated rings. The number of nitrogens with one attached hydrogen (secondary N) is 1. The third-order valence-corrected chi connectivity index (χ3v) is 7.37. The van der Waals surface area contributed by atoms with E-state index < -0.39 is 15.8 Å². The van der Waals surface area contributed by atoms with Crippen LogP contribution in [-0.4, -0.2) is 52.6 Å². The Hall–Kier alpha value is -0.440. The van der Waals surface area contributed by atoms with Crippen LogP contribution in [0.4, 0.5) is 4.39 Å². The van der Waals surface area contributed by atoms with Crippen LogP contribution in [0, 0.1) is 17.2 Å². The Morgan fingerprint density at radius 3 is 2.68 bits per heavy atom. The lowest BCUT2D eigenvalue weighted by molar-refractivity contribution is 0.0718. The van der Waals surface area contributed by atoms with Gasteiger partial charge in [0.1, 0.15) is 5.82 Å². The minimum atomic E-state index is -3.70. The second kappa shape index (κ2) is 8.06. The molecule has 0 saturated carbocycles. The van der Waals surface area contributed by atoms with Crippen molar-refractivity contribution in [1.29, 1.82) is 0 Å². The van der Waals surface area contributed by atoms with Crippen molar-refractivity contribution >= 4 is 34.0 Å². The molecule has 1 aromatic rings. The predicted molar refractivity (Wildman–Crippen MR) is 97.3 cm³/mol. The molecule has 2 saturated heterocycles. The van der Waals surface area contributed by atoms with E-state index in [1.54, 1.807) is 7.11 Å². The number of hydrogen-bond donors (Lipinski definition) is 1. The van der Waals surface area contributed by atoms with Crippen molar-refractivity contribution in [1.82, 2.24) is 9.62 Å². The first-order valence-corrected chi connectivity index (χ1v) is 9.86. The smallest absolute Gasteiger partial charge is 0.243 e. The van der Waals surface area contributed by atoms with Gasteiger partial charge in [0, 0.05) is 26.1 Å². The fourth-order valence-corrected chi connectivity index (χ4v) is 5.73. The summed E-state index contributed by atoms with van der Waals surface area (Å²) < 4.78 is 46.1. The standard InChI is InChI=1S/C16H22ClFN2O3S.ClH/c1-23-10-12-9-20(11-16(12)4-6-19-7-5-16)24(21,22)13-2-3-15(18)14(17)8-13;/h2-3,8,12,19H,4-7,9-11H2,1H3;1H. The zero-order chi connectivity index (χ0) is 17.4. The van der Waals surface area contributed by atoms with E-state index in [1.807, 2.05) is 0 Å². The molecule has 2 heterocycles. The molecule has 2 aliphatic heterocycles. The van der Waals surface area contributed by atoms with Crippen LogP contribution >= 0.6 is 24.0 Å². The van der Waals surface area contributed by atoms with Crippen LogP contribution in [0.25, 0.3) is 0 Å². The Morgan fingerprint density at radius 2 is 2.08 bits per heavy atom. The van der Waals surface area contributed by atoms with Gasteiger partial charge in [-0.15, -0.1) is 12.4 Å². The number of piperidine rings is 1. The maximum absolute atomic E-state index is 13.3. The van der Waals surface area contributed by atoms with Crippen molar-refractivity contribution < 1.29 is 17.5 Å². The molecular weight excluding hydrogens is 390 g/mol. The van der Waals surface area contributed by atoms with Crippen LogP contribution in [0.2, 0.25) is 5.02 Å². The Morgan fingerprint density at radius 1 is 1.40 bits per heavy atom. The first kappa shape index (κ1) is 20.9. The van der Waals surface area contributed by atoms with Gasteiger partial charge in [-0.2, -0.15) is 4.31 Å². The molecule has 9 heteroatoms. The number of methoxy groups -OCH3 is 1. The van der Waals surface area contributed by atoms with E-state index >= 15 is 0 Å². The van der Waals surface area contributed by atoms with Crippen LogP contribution in [0.15, 0.2) is 23.1 Å². The normalized spacial score (nSPS) is 23.6. The molecule has 0 aromatic heterocycles. The molecule has 1 N–H and O–H groups in total. The average molecular weight is 413 g/mol. The van der Waals surface area contributed by atoms with E-state index in [2.05, 4.69) is 5.32 Å². The molecule has 1 spiro atoms. The van der Waals surface area contributed by atoms with Crippen molar-refractivity contribution in [3.05, 3.63) is 29.0 Å². The molecule has 0 bridgehead atoms. The fraction of sp³-hybridized carbons (Fsp3) is 0.625. The van der Waals surface area contributed by atoms with Crippen LogP contribution in [0.5, 0.6) is 0 Å². The van der Waals surface area contributed by atoms with Gasteiger partial charge in [-0.3, -0.25) is 0 Å². The van der Waals surface area contributed by atoms with Crippen molar-refractivity contribution in [2.75, 3.05) is 39.9 Å². The van der Waals surface area contributed by atoms with Crippen molar-refractivity contribution in [3.63, 3.8) is 0 Å². The SMILES string of the molecule is COCC1CN(S(=O)(=O)c2ccc(F)c(Cl)c2)CC12CCNCC2.Cl. The Kier molecular flexibility index (Phi) is 6.73. The van der Waals surface area contributed by atoms with Gasteiger partial charge in [0.15, 0.2) is 0 Å². The molecule has 0 aliphatic carbocycles. The fourth-order valence-electron chi connectivity index (χ4n) is 3.88. The number of rotatable bonds is 4. The second-order valence-electron chi connectivity index (χ2n) is 6.64. The third kappa shape index (κ3) is 3.96. The summed E-state index contributed by atoms with van der Waals surface area (Å²) in [6.45, 7) is 3.20. The summed E-state index contributed by atoms with van der Waals surface area (Å²) in [4.78, 5) is 0.0380. The highest BCUT2D eigenvalue weighted by Gasteiger charge is 2.50. The summed E-state index contributed by atoms with van der Waals surface area (Å²) in [7, 11) is -2.05. The molecule has 1 aromatic carbocycles. The van der Waals surface area contributed by atoms with Gasteiger partial charge >= 0.3 is 0 Å². The highest BCUT2D eigenvalue weighted by atomic mass is 35.5. The molecule has 3 rings (SSSR count). The topological polar surface area (TPSA) is 58.6 Å². The predicted octanol–water partition coefficient (Wildman–Crippen LogP) is 2.54. The Balaban J connectivity index is 0.00000225. The first-order chi connectivity index (χ1) is 11.4. The van der Waals surface area contributed by atoms with Crippen LogP contribution < -0.4 is 5.32 Å². The monoisotopic (exact) mass is 412 g/mol. The summed E-state index contributed by atoms with van der Waals surface area (Å²) in [6.07, 6.45) is 1.86. The summed E-state index contributed by atoms with van der Waals surface area (Å²) in [6, 6.07) is 3.55. The van der Waals surface area contributed by atoms with Gasteiger partial charge in [-0.1, -0.05) is 11.6 Å².